The van der Waals surface area contributed by atoms with Crippen LogP contribution < -0.4 is 0 Å². The minimum atomic E-state index is 0.664. The lowest BCUT2D eigenvalue weighted by molar-refractivity contribution is 1.07. The second kappa shape index (κ2) is 11.4. The van der Waals surface area contributed by atoms with Gasteiger partial charge in [0.25, 0.3) is 0 Å². The van der Waals surface area contributed by atoms with Crippen molar-refractivity contribution >= 4 is 74.9 Å². The third kappa shape index (κ3) is 4.50. The van der Waals surface area contributed by atoms with Crippen LogP contribution in [-0.2, 0) is 0 Å². The average Bonchev–Trinajstić information content (AvgIpc) is 3.76. The summed E-state index contributed by atoms with van der Waals surface area (Å²) in [5.41, 5.74) is 6.48. The number of benzene rings is 8. The maximum Gasteiger partial charge on any atom is 0.164 e. The molecule has 0 atom stereocenters. The summed E-state index contributed by atoms with van der Waals surface area (Å²) in [5, 5.41) is 10.1. The van der Waals surface area contributed by atoms with Gasteiger partial charge in [0, 0.05) is 53.3 Å². The molecule has 5 heteroatoms. The minimum Gasteiger partial charge on any atom is -0.309 e. The van der Waals surface area contributed by atoms with Gasteiger partial charge in [0.15, 0.2) is 17.5 Å². The Balaban J connectivity index is 1.09. The van der Waals surface area contributed by atoms with Crippen LogP contribution in [0.25, 0.3) is 103 Å². The van der Waals surface area contributed by atoms with Gasteiger partial charge in [-0.2, -0.15) is 0 Å². The van der Waals surface area contributed by atoms with Gasteiger partial charge in [-0.05, 0) is 51.9 Å². The van der Waals surface area contributed by atoms with Crippen LogP contribution in [0.2, 0.25) is 0 Å². The molecule has 8 aromatic carbocycles. The zero-order chi connectivity index (χ0) is 34.2. The Labute approximate surface area is 302 Å². The van der Waals surface area contributed by atoms with Gasteiger partial charge in [0.1, 0.15) is 0 Å². The Morgan fingerprint density at radius 2 is 0.846 bits per heavy atom. The van der Waals surface area contributed by atoms with E-state index in [2.05, 4.69) is 114 Å². The van der Waals surface area contributed by atoms with E-state index in [9.17, 15) is 0 Å². The van der Waals surface area contributed by atoms with E-state index in [1.54, 1.807) is 0 Å². The molecule has 242 valence electrons. The van der Waals surface area contributed by atoms with Crippen molar-refractivity contribution in [1.82, 2.24) is 19.5 Å². The second-order valence-electron chi connectivity index (χ2n) is 13.2. The van der Waals surface area contributed by atoms with Crippen molar-refractivity contribution in [1.29, 1.82) is 0 Å². The van der Waals surface area contributed by atoms with Crippen molar-refractivity contribution in [3.8, 4) is 39.9 Å². The van der Waals surface area contributed by atoms with E-state index >= 15 is 0 Å². The Morgan fingerprint density at radius 1 is 0.365 bits per heavy atom. The molecule has 0 aliphatic heterocycles. The van der Waals surface area contributed by atoms with Crippen molar-refractivity contribution in [3.63, 3.8) is 0 Å². The van der Waals surface area contributed by atoms with Crippen molar-refractivity contribution in [2.75, 3.05) is 0 Å². The molecule has 3 aromatic heterocycles. The first kappa shape index (κ1) is 29.1. The van der Waals surface area contributed by atoms with Crippen LogP contribution in [0.15, 0.2) is 170 Å². The van der Waals surface area contributed by atoms with Gasteiger partial charge >= 0.3 is 0 Å². The van der Waals surface area contributed by atoms with E-state index in [1.807, 2.05) is 72.0 Å². The van der Waals surface area contributed by atoms with Gasteiger partial charge < -0.3 is 4.57 Å². The first-order chi connectivity index (χ1) is 25.8. The third-order valence-corrected chi connectivity index (χ3v) is 11.3. The summed E-state index contributed by atoms with van der Waals surface area (Å²) < 4.78 is 4.89. The molecule has 0 radical (unpaired) electrons. The number of rotatable bonds is 4. The highest BCUT2D eigenvalue weighted by atomic mass is 32.1. The van der Waals surface area contributed by atoms with Crippen LogP contribution in [0.3, 0.4) is 0 Å². The molecule has 11 rings (SSSR count). The van der Waals surface area contributed by atoms with Gasteiger partial charge in [0.2, 0.25) is 0 Å². The van der Waals surface area contributed by atoms with Crippen molar-refractivity contribution < 1.29 is 0 Å². The highest BCUT2D eigenvalue weighted by molar-refractivity contribution is 7.25. The zero-order valence-electron chi connectivity index (χ0n) is 27.9. The van der Waals surface area contributed by atoms with Gasteiger partial charge in [-0.3, -0.25) is 0 Å². The smallest absolute Gasteiger partial charge is 0.164 e. The lowest BCUT2D eigenvalue weighted by Gasteiger charge is -2.09. The normalized spacial score (nSPS) is 11.8. The summed E-state index contributed by atoms with van der Waals surface area (Å²) in [7, 11) is 0. The van der Waals surface area contributed by atoms with E-state index in [4.69, 9.17) is 15.0 Å². The fourth-order valence-electron chi connectivity index (χ4n) is 7.81. The molecule has 0 unspecified atom stereocenters. The number of fused-ring (bicyclic) bond motifs is 10. The first-order valence-corrected chi connectivity index (χ1v) is 18.3. The molecule has 0 fully saturated rings. The summed E-state index contributed by atoms with van der Waals surface area (Å²) in [4.78, 5) is 14.9. The van der Waals surface area contributed by atoms with Crippen LogP contribution in [0.5, 0.6) is 0 Å². The molecular weight excluding hydrogens is 653 g/mol. The summed E-state index contributed by atoms with van der Waals surface area (Å²) in [6.07, 6.45) is 0. The first-order valence-electron chi connectivity index (χ1n) is 17.4. The summed E-state index contributed by atoms with van der Waals surface area (Å²) in [5.74, 6) is 1.99. The van der Waals surface area contributed by atoms with Crippen molar-refractivity contribution in [2.45, 2.75) is 0 Å². The monoisotopic (exact) mass is 680 g/mol. The number of aromatic nitrogens is 4. The maximum absolute atomic E-state index is 4.99. The SMILES string of the molecule is c1ccc(-c2nc(-c3ccccc3)nc(-c3ccc4c(c3)sc3cc(-n5c6ccc7ccccc7c6c6c7ccccc7ccc65)ccc34)n2)cc1. The standard InChI is InChI=1S/C47H28N4S/c1-3-13-31(14-4-1)45-48-46(32-15-5-2-6-16-32)50-47(49-45)33-19-23-37-38-24-22-34(28-42(38)52-41(37)27-33)51-39-25-20-29-11-7-9-17-35(29)43(39)44-36-18-10-8-12-30(36)21-26-40(44)51/h1-28H. The Hall–Kier alpha value is -6.69. The van der Waals surface area contributed by atoms with Gasteiger partial charge in [-0.1, -0.05) is 140 Å². The molecular formula is C47H28N4S. The molecule has 0 aliphatic carbocycles. The highest BCUT2D eigenvalue weighted by Gasteiger charge is 2.19. The number of hydrogen-bond acceptors (Lipinski definition) is 4. The van der Waals surface area contributed by atoms with Gasteiger partial charge in [-0.15, -0.1) is 11.3 Å². The average molecular weight is 681 g/mol. The lowest BCUT2D eigenvalue weighted by Crippen LogP contribution is -1.99. The fraction of sp³-hybridized carbons (Fsp3) is 0. The van der Waals surface area contributed by atoms with E-state index in [0.717, 1.165) is 22.4 Å². The van der Waals surface area contributed by atoms with E-state index in [-0.39, 0.29) is 0 Å². The Morgan fingerprint density at radius 3 is 1.42 bits per heavy atom. The molecule has 0 bridgehead atoms. The number of thiophene rings is 1. The molecule has 0 aliphatic rings. The topological polar surface area (TPSA) is 43.6 Å². The summed E-state index contributed by atoms with van der Waals surface area (Å²) in [6, 6.07) is 60.3. The fourth-order valence-corrected chi connectivity index (χ4v) is 8.99. The molecule has 3 heterocycles. The molecule has 0 saturated carbocycles. The number of hydrogen-bond donors (Lipinski definition) is 0. The van der Waals surface area contributed by atoms with E-state index in [1.165, 1.54) is 63.5 Å². The minimum absolute atomic E-state index is 0.664. The van der Waals surface area contributed by atoms with Gasteiger partial charge in [-0.25, -0.2) is 15.0 Å². The molecule has 0 N–H and O–H groups in total. The molecule has 52 heavy (non-hydrogen) atoms. The van der Waals surface area contributed by atoms with E-state index < -0.39 is 0 Å². The molecule has 0 saturated heterocycles. The van der Waals surface area contributed by atoms with Crippen LogP contribution in [0.1, 0.15) is 0 Å². The predicted molar refractivity (Wildman–Crippen MR) is 218 cm³/mol. The largest absolute Gasteiger partial charge is 0.309 e. The van der Waals surface area contributed by atoms with Crippen LogP contribution in [0.4, 0.5) is 0 Å². The van der Waals surface area contributed by atoms with Gasteiger partial charge in [0.05, 0.1) is 11.0 Å². The van der Waals surface area contributed by atoms with Crippen molar-refractivity contribution in [2.24, 2.45) is 0 Å². The van der Waals surface area contributed by atoms with Crippen molar-refractivity contribution in [3.05, 3.63) is 170 Å². The van der Waals surface area contributed by atoms with Crippen LogP contribution in [0, 0.1) is 0 Å². The van der Waals surface area contributed by atoms with E-state index in [0.29, 0.717) is 17.5 Å². The molecule has 0 spiro atoms. The number of nitrogens with zero attached hydrogens (tertiary/aromatic N) is 4. The Bertz CT molecular complexity index is 3030. The van der Waals surface area contributed by atoms with Crippen LogP contribution >= 0.6 is 11.3 Å². The maximum atomic E-state index is 4.99. The second-order valence-corrected chi connectivity index (χ2v) is 14.3. The molecule has 11 aromatic rings. The Kier molecular flexibility index (Phi) is 6.39. The lowest BCUT2D eigenvalue weighted by atomic mass is 10.00. The predicted octanol–water partition coefficient (Wildman–Crippen LogP) is 12.6. The molecule has 4 nitrogen and oxygen atoms in total. The highest BCUT2D eigenvalue weighted by Crippen LogP contribution is 2.42. The summed E-state index contributed by atoms with van der Waals surface area (Å²) in [6.45, 7) is 0. The van der Waals surface area contributed by atoms with Crippen LogP contribution in [-0.4, -0.2) is 19.5 Å². The zero-order valence-corrected chi connectivity index (χ0v) is 28.7. The quantitative estimate of drug-likeness (QED) is 0.186. The summed E-state index contributed by atoms with van der Waals surface area (Å²) >= 11 is 1.81. The molecule has 0 amide bonds. The third-order valence-electron chi connectivity index (χ3n) is 10.2.